The molecule has 3 aromatic rings. The first-order chi connectivity index (χ1) is 11.6. The lowest BCUT2D eigenvalue weighted by molar-refractivity contribution is 0.419. The van der Waals surface area contributed by atoms with Crippen LogP contribution >= 0.6 is 22.9 Å². The van der Waals surface area contributed by atoms with Gasteiger partial charge in [-0.2, -0.15) is 4.99 Å². The number of amidine groups is 1. The third-order valence-corrected chi connectivity index (χ3v) is 4.28. The fourth-order valence-corrected chi connectivity index (χ4v) is 2.99. The maximum atomic E-state index is 7.90. The van der Waals surface area contributed by atoms with E-state index in [1.165, 1.54) is 11.3 Å². The molecule has 3 rings (SSSR count). The molecule has 1 aromatic heterocycles. The van der Waals surface area contributed by atoms with Gasteiger partial charge in [0.15, 0.2) is 0 Å². The summed E-state index contributed by atoms with van der Waals surface area (Å²) in [6.45, 7) is 0. The number of rotatable bonds is 3. The summed E-state index contributed by atoms with van der Waals surface area (Å²) in [7, 11) is 1.59. The van der Waals surface area contributed by atoms with Crippen LogP contribution in [0.4, 0.5) is 5.13 Å². The van der Waals surface area contributed by atoms with Crippen molar-refractivity contribution >= 4 is 50.2 Å². The number of ether oxygens (including phenoxy) is 2. The summed E-state index contributed by atoms with van der Waals surface area (Å²) >= 11 is 7.17. The van der Waals surface area contributed by atoms with E-state index in [0.717, 1.165) is 4.70 Å². The summed E-state index contributed by atoms with van der Waals surface area (Å²) in [5.41, 5.74) is 7.02. The van der Waals surface area contributed by atoms with Gasteiger partial charge in [-0.05, 0) is 36.4 Å². The Balaban J connectivity index is 1.80. The third kappa shape index (κ3) is 3.47. The number of nitrogens with zero attached hydrogens (tertiary/aromatic N) is 2. The zero-order chi connectivity index (χ0) is 17.1. The van der Waals surface area contributed by atoms with Crippen LogP contribution in [-0.4, -0.2) is 24.0 Å². The SMILES string of the molecule is COc1cccc2sc(N=C(N)OC(=N)c3ccc(Cl)cc3)nc12. The fraction of sp³-hybridized carbons (Fsp3) is 0.0625. The number of thiazole rings is 1. The molecule has 122 valence electrons. The number of hydrogen-bond acceptors (Lipinski definition) is 6. The summed E-state index contributed by atoms with van der Waals surface area (Å²) < 4.78 is 11.4. The van der Waals surface area contributed by atoms with Crippen LogP contribution < -0.4 is 10.5 Å². The summed E-state index contributed by atoms with van der Waals surface area (Å²) in [6, 6.07) is 12.1. The van der Waals surface area contributed by atoms with Gasteiger partial charge in [-0.1, -0.05) is 29.0 Å². The quantitative estimate of drug-likeness (QED) is 0.546. The van der Waals surface area contributed by atoms with Gasteiger partial charge < -0.3 is 15.2 Å². The molecule has 0 radical (unpaired) electrons. The molecule has 0 bridgehead atoms. The number of para-hydroxylation sites is 1. The Hall–Kier alpha value is -2.64. The summed E-state index contributed by atoms with van der Waals surface area (Å²) in [5.74, 6) is 0.546. The Morgan fingerprint density at radius 2 is 2.00 bits per heavy atom. The minimum atomic E-state index is -0.159. The second-order valence-corrected chi connectivity index (χ2v) is 6.14. The monoisotopic (exact) mass is 360 g/mol. The normalized spacial score (nSPS) is 11.5. The maximum Gasteiger partial charge on any atom is 0.296 e. The molecule has 6 nitrogen and oxygen atoms in total. The standard InChI is InChI=1S/C16H13ClN4O2S/c1-22-11-3-2-4-12-13(11)20-16(24-12)21-15(19)23-14(18)9-5-7-10(17)8-6-9/h2-8,18H,1H3,(H2,19,20,21). The Morgan fingerprint density at radius 1 is 1.25 bits per heavy atom. The van der Waals surface area contributed by atoms with Gasteiger partial charge in [0.1, 0.15) is 11.3 Å². The van der Waals surface area contributed by atoms with Crippen molar-refractivity contribution in [1.29, 1.82) is 5.41 Å². The van der Waals surface area contributed by atoms with Gasteiger partial charge in [0, 0.05) is 10.6 Å². The van der Waals surface area contributed by atoms with Crippen LogP contribution in [0, 0.1) is 5.41 Å². The summed E-state index contributed by atoms with van der Waals surface area (Å²) in [5, 5.41) is 8.91. The summed E-state index contributed by atoms with van der Waals surface area (Å²) in [4.78, 5) is 8.49. The Morgan fingerprint density at radius 3 is 2.71 bits per heavy atom. The van der Waals surface area contributed by atoms with Crippen LogP contribution in [0.1, 0.15) is 5.56 Å². The Bertz CT molecular complexity index is 921. The van der Waals surface area contributed by atoms with Crippen molar-refractivity contribution < 1.29 is 9.47 Å². The van der Waals surface area contributed by atoms with E-state index in [-0.39, 0.29) is 11.9 Å². The predicted octanol–water partition coefficient (Wildman–Crippen LogP) is 3.95. The van der Waals surface area contributed by atoms with Crippen LogP contribution in [0.5, 0.6) is 5.75 Å². The molecule has 2 aromatic carbocycles. The van der Waals surface area contributed by atoms with Crippen LogP contribution in [0.3, 0.4) is 0 Å². The van der Waals surface area contributed by atoms with Crippen molar-refractivity contribution in [2.45, 2.75) is 0 Å². The van der Waals surface area contributed by atoms with E-state index < -0.39 is 0 Å². The van der Waals surface area contributed by atoms with E-state index in [0.29, 0.717) is 27.0 Å². The highest BCUT2D eigenvalue weighted by Gasteiger charge is 2.10. The Labute approximate surface area is 147 Å². The molecule has 0 aliphatic rings. The average molecular weight is 361 g/mol. The van der Waals surface area contributed by atoms with Crippen LogP contribution in [0.25, 0.3) is 10.2 Å². The fourth-order valence-electron chi connectivity index (χ4n) is 2.01. The highest BCUT2D eigenvalue weighted by molar-refractivity contribution is 7.22. The van der Waals surface area contributed by atoms with E-state index in [1.807, 2.05) is 18.2 Å². The van der Waals surface area contributed by atoms with Crippen LogP contribution in [0.15, 0.2) is 47.5 Å². The lowest BCUT2D eigenvalue weighted by Gasteiger charge is -2.05. The Kier molecular flexibility index (Phi) is 4.64. The van der Waals surface area contributed by atoms with Crippen LogP contribution in [0.2, 0.25) is 5.02 Å². The first-order valence-corrected chi connectivity index (χ1v) is 8.06. The van der Waals surface area contributed by atoms with Gasteiger partial charge in [0.05, 0.1) is 11.8 Å². The van der Waals surface area contributed by atoms with Crippen LogP contribution in [-0.2, 0) is 4.74 Å². The van der Waals surface area contributed by atoms with Crippen molar-refractivity contribution in [3.63, 3.8) is 0 Å². The number of halogens is 1. The highest BCUT2D eigenvalue weighted by atomic mass is 35.5. The molecule has 3 N–H and O–H groups in total. The predicted molar refractivity (Wildman–Crippen MR) is 96.8 cm³/mol. The number of benzene rings is 2. The zero-order valence-electron chi connectivity index (χ0n) is 12.6. The van der Waals surface area contributed by atoms with E-state index in [1.54, 1.807) is 31.4 Å². The molecule has 0 atom stereocenters. The number of fused-ring (bicyclic) bond motifs is 1. The molecule has 0 saturated heterocycles. The topological polar surface area (TPSA) is 93.6 Å². The molecular formula is C16H13ClN4O2S. The van der Waals surface area contributed by atoms with Gasteiger partial charge in [0.2, 0.25) is 11.0 Å². The highest BCUT2D eigenvalue weighted by Crippen LogP contribution is 2.33. The molecule has 0 unspecified atom stereocenters. The molecule has 0 aliphatic carbocycles. The maximum absolute atomic E-state index is 7.90. The molecule has 24 heavy (non-hydrogen) atoms. The molecule has 0 aliphatic heterocycles. The smallest absolute Gasteiger partial charge is 0.296 e. The molecule has 0 spiro atoms. The minimum Gasteiger partial charge on any atom is -0.494 e. The van der Waals surface area contributed by atoms with Crippen molar-refractivity contribution in [2.75, 3.05) is 7.11 Å². The first-order valence-electron chi connectivity index (χ1n) is 6.87. The van der Waals surface area contributed by atoms with E-state index in [9.17, 15) is 0 Å². The lowest BCUT2D eigenvalue weighted by Crippen LogP contribution is -2.20. The molecule has 0 fully saturated rings. The van der Waals surface area contributed by atoms with Crippen molar-refractivity contribution in [3.8, 4) is 5.75 Å². The molecule has 8 heteroatoms. The van der Waals surface area contributed by atoms with E-state index in [2.05, 4.69) is 9.98 Å². The van der Waals surface area contributed by atoms with E-state index >= 15 is 0 Å². The lowest BCUT2D eigenvalue weighted by atomic mass is 10.2. The van der Waals surface area contributed by atoms with Gasteiger partial charge >= 0.3 is 0 Å². The number of nitrogens with one attached hydrogen (secondary N) is 1. The molecule has 1 heterocycles. The number of aliphatic imine (C=N–C) groups is 1. The summed E-state index contributed by atoms with van der Waals surface area (Å²) in [6.07, 6.45) is 0. The van der Waals surface area contributed by atoms with Gasteiger partial charge in [-0.3, -0.25) is 5.41 Å². The number of aromatic nitrogens is 1. The largest absolute Gasteiger partial charge is 0.494 e. The second kappa shape index (κ2) is 6.86. The second-order valence-electron chi connectivity index (χ2n) is 4.69. The third-order valence-electron chi connectivity index (χ3n) is 3.11. The molecule has 0 amide bonds. The number of hydrogen-bond donors (Lipinski definition) is 2. The van der Waals surface area contributed by atoms with Crippen molar-refractivity contribution in [2.24, 2.45) is 10.7 Å². The minimum absolute atomic E-state index is 0.119. The number of methoxy groups -OCH3 is 1. The van der Waals surface area contributed by atoms with Gasteiger partial charge in [0.25, 0.3) is 6.02 Å². The van der Waals surface area contributed by atoms with Gasteiger partial charge in [-0.25, -0.2) is 4.98 Å². The van der Waals surface area contributed by atoms with Gasteiger partial charge in [-0.15, -0.1) is 0 Å². The van der Waals surface area contributed by atoms with E-state index in [4.69, 9.17) is 32.2 Å². The average Bonchev–Trinajstić information content (AvgIpc) is 2.97. The van der Waals surface area contributed by atoms with Crippen molar-refractivity contribution in [1.82, 2.24) is 4.98 Å². The zero-order valence-corrected chi connectivity index (χ0v) is 14.2. The molecular weight excluding hydrogens is 348 g/mol. The first kappa shape index (κ1) is 16.2. The number of nitrogens with two attached hydrogens (primary N) is 1. The van der Waals surface area contributed by atoms with Crippen molar-refractivity contribution in [3.05, 3.63) is 53.1 Å². The molecule has 0 saturated carbocycles.